The average Bonchev–Trinajstić information content (AvgIpc) is 2.25. The summed E-state index contributed by atoms with van der Waals surface area (Å²) in [7, 11) is -1.13. The molecule has 1 fully saturated rings. The molecule has 1 N–H and O–H groups in total. The highest BCUT2D eigenvalue weighted by Crippen LogP contribution is 2.37. The number of nitrogens with one attached hydrogen (secondary N) is 1. The fourth-order valence-corrected chi connectivity index (χ4v) is 4.43. The van der Waals surface area contributed by atoms with Gasteiger partial charge < -0.3 is 5.32 Å². The van der Waals surface area contributed by atoms with E-state index in [1.54, 1.807) is 0 Å². The van der Waals surface area contributed by atoms with E-state index >= 15 is 0 Å². The Bertz CT molecular complexity index is 526. The van der Waals surface area contributed by atoms with E-state index in [4.69, 9.17) is 0 Å². The second-order valence-corrected chi connectivity index (χ2v) is 8.18. The first-order chi connectivity index (χ1) is 8.25. The highest BCUT2D eigenvalue weighted by Gasteiger charge is 2.45. The van der Waals surface area contributed by atoms with Crippen LogP contribution in [0.25, 0.3) is 0 Å². The van der Waals surface area contributed by atoms with Gasteiger partial charge in [0.25, 0.3) is 0 Å². The van der Waals surface area contributed by atoms with Crippen LogP contribution in [0.5, 0.6) is 0 Å². The topological polar surface area (TPSA) is 46.2 Å². The molecule has 3 nitrogen and oxygen atoms in total. The first kappa shape index (κ1) is 13.6. The molecule has 1 aliphatic rings. The van der Waals surface area contributed by atoms with Gasteiger partial charge >= 0.3 is 0 Å². The van der Waals surface area contributed by atoms with Crippen molar-refractivity contribution in [3.8, 4) is 0 Å². The van der Waals surface area contributed by atoms with Crippen molar-refractivity contribution in [2.24, 2.45) is 0 Å². The summed E-state index contributed by atoms with van der Waals surface area (Å²) < 4.78 is 23.7. The lowest BCUT2D eigenvalue weighted by molar-refractivity contribution is 0.482. The molecule has 2 atom stereocenters. The normalized spacial score (nSPS) is 26.7. The maximum absolute atomic E-state index is 11.8. The fourth-order valence-electron chi connectivity index (χ4n) is 2.42. The molecule has 4 heteroatoms. The van der Waals surface area contributed by atoms with Crippen molar-refractivity contribution in [3.05, 3.63) is 35.4 Å². The maximum Gasteiger partial charge on any atom is 0.160 e. The van der Waals surface area contributed by atoms with Crippen LogP contribution in [0.3, 0.4) is 0 Å². The Balaban J connectivity index is 2.30. The highest BCUT2D eigenvalue weighted by atomic mass is 32.2. The van der Waals surface area contributed by atoms with E-state index in [0.29, 0.717) is 0 Å². The summed E-state index contributed by atoms with van der Waals surface area (Å²) >= 11 is 0. The van der Waals surface area contributed by atoms with Gasteiger partial charge in [0.05, 0.1) is 5.75 Å². The van der Waals surface area contributed by atoms with E-state index in [-0.39, 0.29) is 22.5 Å². The second kappa shape index (κ2) is 4.35. The summed E-state index contributed by atoms with van der Waals surface area (Å²) in [5, 5.41) is 2.69. The Labute approximate surface area is 110 Å². The minimum absolute atomic E-state index is 0.0514. The van der Waals surface area contributed by atoms with Crippen LogP contribution in [-0.2, 0) is 15.3 Å². The zero-order chi connectivity index (χ0) is 13.6. The Kier molecular flexibility index (Phi) is 3.28. The molecule has 1 heterocycles. The van der Waals surface area contributed by atoms with Crippen LogP contribution in [0, 0.1) is 0 Å². The van der Waals surface area contributed by atoms with E-state index in [1.807, 2.05) is 31.3 Å². The average molecular weight is 267 g/mol. The summed E-state index contributed by atoms with van der Waals surface area (Å²) in [5.41, 5.74) is 2.22. The molecule has 2 rings (SSSR count). The summed E-state index contributed by atoms with van der Waals surface area (Å²) in [4.78, 5) is 0. The molecular weight excluding hydrogens is 246 g/mol. The molecule has 0 radical (unpaired) electrons. The summed E-state index contributed by atoms with van der Waals surface area (Å²) in [5.74, 6) is 0.245. The Morgan fingerprint density at radius 1 is 1.17 bits per heavy atom. The molecule has 1 aliphatic heterocycles. The Morgan fingerprint density at radius 3 is 2.11 bits per heavy atom. The van der Waals surface area contributed by atoms with E-state index in [2.05, 4.69) is 26.1 Å². The molecular formula is C14H21NO2S. The standard InChI is InChI=1S/C14H21NO2S/c1-14(2,3)11-7-5-10(6-8-11)13-12(15-4)9-18(13,16)17/h5-8,12-13,15H,9H2,1-4H3. The van der Waals surface area contributed by atoms with Crippen molar-refractivity contribution in [1.82, 2.24) is 5.32 Å². The van der Waals surface area contributed by atoms with E-state index in [1.165, 1.54) is 5.56 Å². The monoisotopic (exact) mass is 267 g/mol. The highest BCUT2D eigenvalue weighted by molar-refractivity contribution is 7.93. The van der Waals surface area contributed by atoms with E-state index < -0.39 is 9.84 Å². The van der Waals surface area contributed by atoms with Crippen LogP contribution in [0.15, 0.2) is 24.3 Å². The number of hydrogen-bond acceptors (Lipinski definition) is 3. The third-order valence-electron chi connectivity index (χ3n) is 3.64. The van der Waals surface area contributed by atoms with Gasteiger partial charge in [0.2, 0.25) is 0 Å². The predicted octanol–water partition coefficient (Wildman–Crippen LogP) is 2.04. The third-order valence-corrected chi connectivity index (χ3v) is 5.84. The minimum atomic E-state index is -2.95. The summed E-state index contributed by atoms with van der Waals surface area (Å²) in [6, 6.07) is 8.03. The van der Waals surface area contributed by atoms with Crippen LogP contribution in [-0.4, -0.2) is 27.3 Å². The molecule has 0 amide bonds. The van der Waals surface area contributed by atoms with Gasteiger partial charge in [-0.3, -0.25) is 0 Å². The van der Waals surface area contributed by atoms with Gasteiger partial charge in [-0.1, -0.05) is 45.0 Å². The number of benzene rings is 1. The molecule has 2 unspecified atom stereocenters. The minimum Gasteiger partial charge on any atom is -0.314 e. The number of hydrogen-bond donors (Lipinski definition) is 1. The molecule has 18 heavy (non-hydrogen) atoms. The van der Waals surface area contributed by atoms with Crippen molar-refractivity contribution >= 4 is 9.84 Å². The molecule has 0 spiro atoms. The van der Waals surface area contributed by atoms with Crippen molar-refractivity contribution in [3.63, 3.8) is 0 Å². The lowest BCUT2D eigenvalue weighted by atomic mass is 9.86. The molecule has 1 saturated heterocycles. The molecule has 1 aromatic rings. The molecule has 0 aliphatic carbocycles. The lowest BCUT2D eigenvalue weighted by Gasteiger charge is -2.36. The van der Waals surface area contributed by atoms with Gasteiger partial charge in [-0.05, 0) is 23.6 Å². The number of sulfone groups is 1. The second-order valence-electron chi connectivity index (χ2n) is 6.02. The van der Waals surface area contributed by atoms with Crippen LogP contribution >= 0.6 is 0 Å². The van der Waals surface area contributed by atoms with Crippen molar-refractivity contribution < 1.29 is 8.42 Å². The van der Waals surface area contributed by atoms with E-state index in [9.17, 15) is 8.42 Å². The molecule has 0 saturated carbocycles. The van der Waals surface area contributed by atoms with Crippen molar-refractivity contribution in [2.75, 3.05) is 12.8 Å². The van der Waals surface area contributed by atoms with Gasteiger partial charge in [-0.2, -0.15) is 0 Å². The van der Waals surface area contributed by atoms with Gasteiger partial charge in [0.1, 0.15) is 5.25 Å². The summed E-state index contributed by atoms with van der Waals surface area (Å²) in [6.07, 6.45) is 0. The molecule has 1 aromatic carbocycles. The first-order valence-electron chi connectivity index (χ1n) is 6.25. The predicted molar refractivity (Wildman–Crippen MR) is 74.5 cm³/mol. The SMILES string of the molecule is CNC1CS(=O)(=O)C1c1ccc(C(C)(C)C)cc1. The number of rotatable bonds is 2. The van der Waals surface area contributed by atoms with Crippen molar-refractivity contribution in [2.45, 2.75) is 37.5 Å². The van der Waals surface area contributed by atoms with Crippen LogP contribution < -0.4 is 5.32 Å². The first-order valence-corrected chi connectivity index (χ1v) is 7.96. The summed E-state index contributed by atoms with van der Waals surface area (Å²) in [6.45, 7) is 6.45. The molecule has 0 bridgehead atoms. The number of likely N-dealkylation sites (N-methyl/N-ethyl adjacent to an activating group) is 1. The van der Waals surface area contributed by atoms with Crippen LogP contribution in [0.1, 0.15) is 37.1 Å². The van der Waals surface area contributed by atoms with Gasteiger partial charge in [0.15, 0.2) is 9.84 Å². The lowest BCUT2D eigenvalue weighted by Crippen LogP contribution is -2.52. The molecule has 100 valence electrons. The van der Waals surface area contributed by atoms with Gasteiger partial charge in [0, 0.05) is 6.04 Å². The largest absolute Gasteiger partial charge is 0.314 e. The quantitative estimate of drug-likeness (QED) is 0.892. The smallest absolute Gasteiger partial charge is 0.160 e. The fraction of sp³-hybridized carbons (Fsp3) is 0.571. The third kappa shape index (κ3) is 2.31. The van der Waals surface area contributed by atoms with Crippen LogP contribution in [0.2, 0.25) is 0 Å². The Hall–Kier alpha value is -0.870. The zero-order valence-electron chi connectivity index (χ0n) is 11.4. The Morgan fingerprint density at radius 2 is 1.72 bits per heavy atom. The van der Waals surface area contributed by atoms with Gasteiger partial charge in [-0.25, -0.2) is 8.42 Å². The van der Waals surface area contributed by atoms with Crippen molar-refractivity contribution in [1.29, 1.82) is 0 Å². The maximum atomic E-state index is 11.8. The van der Waals surface area contributed by atoms with E-state index in [0.717, 1.165) is 5.56 Å². The van der Waals surface area contributed by atoms with Gasteiger partial charge in [-0.15, -0.1) is 0 Å². The zero-order valence-corrected chi connectivity index (χ0v) is 12.2. The van der Waals surface area contributed by atoms with Crippen LogP contribution in [0.4, 0.5) is 0 Å². The molecule has 0 aromatic heterocycles.